The van der Waals surface area contributed by atoms with Crippen molar-refractivity contribution in [3.63, 3.8) is 0 Å². The fourth-order valence-electron chi connectivity index (χ4n) is 2.13. The Morgan fingerprint density at radius 1 is 1.15 bits per heavy atom. The highest BCUT2D eigenvalue weighted by atomic mass is 127. The van der Waals surface area contributed by atoms with Crippen LogP contribution >= 0.6 is 24.0 Å². The number of hydrogen-bond acceptors (Lipinski definition) is 3. The number of phenols is 1. The molecular formula is C19H25FIN3O2. The smallest absolute Gasteiger partial charge is 0.191 e. The summed E-state index contributed by atoms with van der Waals surface area (Å²) in [5, 5.41) is 15.5. The van der Waals surface area contributed by atoms with Crippen molar-refractivity contribution in [2.24, 2.45) is 4.99 Å². The topological polar surface area (TPSA) is 65.9 Å². The van der Waals surface area contributed by atoms with E-state index in [1.807, 2.05) is 38.1 Å². The molecule has 0 radical (unpaired) electrons. The number of nitrogens with zero attached hydrogens (tertiary/aromatic N) is 1. The van der Waals surface area contributed by atoms with Crippen LogP contribution in [0.3, 0.4) is 0 Å². The van der Waals surface area contributed by atoms with Crippen molar-refractivity contribution in [3.05, 3.63) is 59.4 Å². The third-order valence-electron chi connectivity index (χ3n) is 3.46. The SMILES string of the molecule is CCNC(=NCc1ccc(O)c(F)c1)NCCOc1ccc(C)cc1.I. The van der Waals surface area contributed by atoms with Crippen molar-refractivity contribution in [2.45, 2.75) is 20.4 Å². The molecule has 0 spiro atoms. The zero-order valence-corrected chi connectivity index (χ0v) is 17.3. The van der Waals surface area contributed by atoms with Gasteiger partial charge in [0.15, 0.2) is 17.5 Å². The third kappa shape index (κ3) is 7.47. The number of aryl methyl sites for hydroxylation is 1. The molecule has 0 unspecified atom stereocenters. The van der Waals surface area contributed by atoms with E-state index in [1.54, 1.807) is 6.07 Å². The molecule has 0 aliphatic heterocycles. The van der Waals surface area contributed by atoms with Crippen molar-refractivity contribution in [3.8, 4) is 11.5 Å². The second-order valence-corrected chi connectivity index (χ2v) is 5.57. The monoisotopic (exact) mass is 473 g/mol. The van der Waals surface area contributed by atoms with E-state index in [0.29, 0.717) is 37.8 Å². The molecule has 0 aliphatic rings. The minimum absolute atomic E-state index is 0. The molecule has 2 rings (SSSR count). The largest absolute Gasteiger partial charge is 0.505 e. The summed E-state index contributed by atoms with van der Waals surface area (Å²) in [5.41, 5.74) is 1.88. The highest BCUT2D eigenvalue weighted by Gasteiger charge is 2.02. The molecule has 0 saturated carbocycles. The summed E-state index contributed by atoms with van der Waals surface area (Å²) in [6.45, 7) is 6.12. The van der Waals surface area contributed by atoms with Crippen LogP contribution < -0.4 is 15.4 Å². The molecule has 2 aromatic rings. The van der Waals surface area contributed by atoms with Crippen molar-refractivity contribution in [1.82, 2.24) is 10.6 Å². The normalized spacial score (nSPS) is 10.8. The maximum Gasteiger partial charge on any atom is 0.191 e. The van der Waals surface area contributed by atoms with Crippen molar-refractivity contribution in [1.29, 1.82) is 0 Å². The first-order valence-electron chi connectivity index (χ1n) is 8.27. The Labute approximate surface area is 170 Å². The van der Waals surface area contributed by atoms with Gasteiger partial charge in [0, 0.05) is 6.54 Å². The van der Waals surface area contributed by atoms with Crippen LogP contribution in [0.2, 0.25) is 0 Å². The summed E-state index contributed by atoms with van der Waals surface area (Å²) < 4.78 is 19.0. The molecule has 0 aliphatic carbocycles. The summed E-state index contributed by atoms with van der Waals surface area (Å²) in [6.07, 6.45) is 0. The minimum atomic E-state index is -0.642. The molecule has 0 heterocycles. The summed E-state index contributed by atoms with van der Waals surface area (Å²) in [6, 6.07) is 12.1. The van der Waals surface area contributed by atoms with Gasteiger partial charge in [-0.05, 0) is 43.7 Å². The molecule has 7 heteroatoms. The van der Waals surface area contributed by atoms with Crippen LogP contribution in [0.1, 0.15) is 18.1 Å². The van der Waals surface area contributed by atoms with Gasteiger partial charge in [0.25, 0.3) is 0 Å². The average molecular weight is 473 g/mol. The molecule has 142 valence electrons. The average Bonchev–Trinajstić information content (AvgIpc) is 2.61. The van der Waals surface area contributed by atoms with E-state index >= 15 is 0 Å². The number of hydrogen-bond donors (Lipinski definition) is 3. The Hall–Kier alpha value is -2.03. The van der Waals surface area contributed by atoms with E-state index in [-0.39, 0.29) is 29.7 Å². The van der Waals surface area contributed by atoms with Crippen LogP contribution in [-0.4, -0.2) is 30.8 Å². The third-order valence-corrected chi connectivity index (χ3v) is 3.46. The number of aliphatic imine (C=N–C) groups is 1. The Bertz CT molecular complexity index is 708. The van der Waals surface area contributed by atoms with Gasteiger partial charge in [-0.3, -0.25) is 0 Å². The number of ether oxygens (including phenoxy) is 1. The van der Waals surface area contributed by atoms with Gasteiger partial charge in [-0.1, -0.05) is 23.8 Å². The van der Waals surface area contributed by atoms with Gasteiger partial charge in [0.2, 0.25) is 0 Å². The van der Waals surface area contributed by atoms with E-state index < -0.39 is 5.82 Å². The zero-order chi connectivity index (χ0) is 18.1. The summed E-state index contributed by atoms with van der Waals surface area (Å²) in [4.78, 5) is 4.40. The number of aromatic hydroxyl groups is 1. The summed E-state index contributed by atoms with van der Waals surface area (Å²) >= 11 is 0. The molecule has 0 atom stereocenters. The minimum Gasteiger partial charge on any atom is -0.505 e. The van der Waals surface area contributed by atoms with E-state index in [2.05, 4.69) is 15.6 Å². The highest BCUT2D eigenvalue weighted by Crippen LogP contribution is 2.16. The van der Waals surface area contributed by atoms with Crippen LogP contribution in [0, 0.1) is 12.7 Å². The van der Waals surface area contributed by atoms with Crippen molar-refractivity contribution < 1.29 is 14.2 Å². The highest BCUT2D eigenvalue weighted by molar-refractivity contribution is 14.0. The predicted molar refractivity (Wildman–Crippen MR) is 113 cm³/mol. The van der Waals surface area contributed by atoms with Crippen LogP contribution in [-0.2, 0) is 6.54 Å². The first-order chi connectivity index (χ1) is 12.1. The number of rotatable bonds is 7. The molecule has 0 fully saturated rings. The number of benzene rings is 2. The molecule has 0 bridgehead atoms. The van der Waals surface area contributed by atoms with Crippen molar-refractivity contribution >= 4 is 29.9 Å². The first-order valence-corrected chi connectivity index (χ1v) is 8.27. The quantitative estimate of drug-likeness (QED) is 0.249. The second-order valence-electron chi connectivity index (χ2n) is 5.57. The summed E-state index contributed by atoms with van der Waals surface area (Å²) in [7, 11) is 0. The molecule has 5 nitrogen and oxygen atoms in total. The molecular weight excluding hydrogens is 448 g/mol. The van der Waals surface area contributed by atoms with Crippen LogP contribution in [0.25, 0.3) is 0 Å². The fourth-order valence-corrected chi connectivity index (χ4v) is 2.13. The fraction of sp³-hybridized carbons (Fsp3) is 0.316. The number of phenolic OH excluding ortho intramolecular Hbond substituents is 1. The predicted octanol–water partition coefficient (Wildman–Crippen LogP) is 3.59. The van der Waals surface area contributed by atoms with E-state index in [0.717, 1.165) is 5.75 Å². The van der Waals surface area contributed by atoms with E-state index in [4.69, 9.17) is 4.74 Å². The van der Waals surface area contributed by atoms with Crippen LogP contribution in [0.5, 0.6) is 11.5 Å². The lowest BCUT2D eigenvalue weighted by molar-refractivity contribution is 0.322. The number of nitrogens with one attached hydrogen (secondary N) is 2. The Balaban J connectivity index is 0.00000338. The Morgan fingerprint density at radius 3 is 2.54 bits per heavy atom. The van der Waals surface area contributed by atoms with Gasteiger partial charge in [-0.2, -0.15) is 0 Å². The Kier molecular flexibility index (Phi) is 9.79. The molecule has 0 aromatic heterocycles. The molecule has 3 N–H and O–H groups in total. The maximum absolute atomic E-state index is 13.3. The lowest BCUT2D eigenvalue weighted by Gasteiger charge is -2.12. The Morgan fingerprint density at radius 2 is 1.88 bits per heavy atom. The number of halogens is 2. The first kappa shape index (κ1) is 22.0. The molecule has 0 saturated heterocycles. The molecule has 2 aromatic carbocycles. The summed E-state index contributed by atoms with van der Waals surface area (Å²) in [5.74, 6) is 0.459. The lowest BCUT2D eigenvalue weighted by atomic mass is 10.2. The maximum atomic E-state index is 13.3. The van der Waals surface area contributed by atoms with Gasteiger partial charge in [-0.25, -0.2) is 9.38 Å². The van der Waals surface area contributed by atoms with Gasteiger partial charge < -0.3 is 20.5 Å². The van der Waals surface area contributed by atoms with E-state index in [9.17, 15) is 9.50 Å². The zero-order valence-electron chi connectivity index (χ0n) is 15.0. The molecule has 0 amide bonds. The lowest BCUT2D eigenvalue weighted by Crippen LogP contribution is -2.39. The van der Waals surface area contributed by atoms with Crippen LogP contribution in [0.4, 0.5) is 4.39 Å². The van der Waals surface area contributed by atoms with Gasteiger partial charge in [-0.15, -0.1) is 24.0 Å². The van der Waals surface area contributed by atoms with Gasteiger partial charge in [0.05, 0.1) is 13.1 Å². The van der Waals surface area contributed by atoms with E-state index in [1.165, 1.54) is 17.7 Å². The molecule has 26 heavy (non-hydrogen) atoms. The van der Waals surface area contributed by atoms with Gasteiger partial charge >= 0.3 is 0 Å². The number of guanidine groups is 1. The van der Waals surface area contributed by atoms with Crippen molar-refractivity contribution in [2.75, 3.05) is 19.7 Å². The van der Waals surface area contributed by atoms with Crippen LogP contribution in [0.15, 0.2) is 47.5 Å². The van der Waals surface area contributed by atoms with Gasteiger partial charge in [0.1, 0.15) is 12.4 Å². The second kappa shape index (κ2) is 11.6. The standard InChI is InChI=1S/C19H24FN3O2.HI/c1-3-21-19(23-13-15-6-9-18(24)17(20)12-15)22-10-11-25-16-7-4-14(2)5-8-16;/h4-9,12,24H,3,10-11,13H2,1-2H3,(H2,21,22,23);1H.